The fraction of sp³-hybridized carbons (Fsp3) is 0.353. The molecule has 1 aliphatic heterocycles. The molecule has 2 amide bonds. The molecule has 7 heteroatoms. The molecule has 2 aromatic rings. The fourth-order valence-corrected chi connectivity index (χ4v) is 2.71. The molecular weight excluding hydrogens is 306 g/mol. The molecule has 1 saturated heterocycles. The molecule has 0 spiro atoms. The summed E-state index contributed by atoms with van der Waals surface area (Å²) in [6, 6.07) is 11.2. The molecule has 3 rings (SSSR count). The Labute approximate surface area is 141 Å². The number of urea groups is 1. The second kappa shape index (κ2) is 8.26. The molecule has 1 aliphatic rings. The number of hydroxylamine groups is 1. The number of hydrogen-bond acceptors (Lipinski definition) is 5. The summed E-state index contributed by atoms with van der Waals surface area (Å²) in [4.78, 5) is 27.8. The standard InChI is InChI=1S/C17H21N5O2/c23-17(21-24-13-14-6-2-1-3-7-14)20-15-8-4-11-22(12-15)16-18-9-5-10-19-16/h1-3,5-7,9-10,15H,4,8,11-13H2,(H2,20,21,23)/t15-/m0/s1. The normalized spacial score (nSPS) is 17.3. The lowest BCUT2D eigenvalue weighted by Crippen LogP contribution is -2.50. The Balaban J connectivity index is 1.42. The van der Waals surface area contributed by atoms with E-state index in [2.05, 4.69) is 25.7 Å². The van der Waals surface area contributed by atoms with Crippen LogP contribution in [0.5, 0.6) is 0 Å². The van der Waals surface area contributed by atoms with Gasteiger partial charge in [-0.25, -0.2) is 20.2 Å². The molecule has 2 N–H and O–H groups in total. The number of nitrogens with zero attached hydrogens (tertiary/aromatic N) is 3. The molecule has 1 aromatic heterocycles. The minimum Gasteiger partial charge on any atom is -0.339 e. The van der Waals surface area contributed by atoms with Gasteiger partial charge in [0.1, 0.15) is 0 Å². The lowest BCUT2D eigenvalue weighted by atomic mass is 10.1. The van der Waals surface area contributed by atoms with Gasteiger partial charge in [0, 0.05) is 31.5 Å². The van der Waals surface area contributed by atoms with Crippen LogP contribution >= 0.6 is 0 Å². The number of hydrogen-bond donors (Lipinski definition) is 2. The van der Waals surface area contributed by atoms with Crippen LogP contribution in [0.1, 0.15) is 18.4 Å². The number of carbonyl (C=O) groups is 1. The predicted octanol–water partition coefficient (Wildman–Crippen LogP) is 1.88. The third-order valence-corrected chi connectivity index (χ3v) is 3.84. The van der Waals surface area contributed by atoms with Crippen molar-refractivity contribution in [3.63, 3.8) is 0 Å². The smallest absolute Gasteiger partial charge is 0.338 e. The zero-order valence-corrected chi connectivity index (χ0v) is 13.4. The molecule has 0 unspecified atom stereocenters. The van der Waals surface area contributed by atoms with Gasteiger partial charge in [0.05, 0.1) is 6.61 Å². The number of benzene rings is 1. The first-order valence-corrected chi connectivity index (χ1v) is 8.05. The number of rotatable bonds is 5. The van der Waals surface area contributed by atoms with Gasteiger partial charge in [0.15, 0.2) is 0 Å². The van der Waals surface area contributed by atoms with Crippen molar-refractivity contribution in [2.24, 2.45) is 0 Å². The average molecular weight is 327 g/mol. The first kappa shape index (κ1) is 16.2. The van der Waals surface area contributed by atoms with Crippen LogP contribution in [-0.4, -0.2) is 35.1 Å². The third kappa shape index (κ3) is 4.66. The highest BCUT2D eigenvalue weighted by atomic mass is 16.7. The maximum Gasteiger partial charge on any atom is 0.338 e. The van der Waals surface area contributed by atoms with E-state index in [9.17, 15) is 4.79 Å². The number of anilines is 1. The summed E-state index contributed by atoms with van der Waals surface area (Å²) in [6.45, 7) is 1.92. The van der Waals surface area contributed by atoms with Crippen molar-refractivity contribution in [1.82, 2.24) is 20.8 Å². The van der Waals surface area contributed by atoms with Crippen LogP contribution in [0, 0.1) is 0 Å². The summed E-state index contributed by atoms with van der Waals surface area (Å²) in [6.07, 6.45) is 5.36. The molecule has 126 valence electrons. The Morgan fingerprint density at radius 1 is 1.21 bits per heavy atom. The minimum atomic E-state index is -0.327. The average Bonchev–Trinajstić information content (AvgIpc) is 2.63. The van der Waals surface area contributed by atoms with Crippen molar-refractivity contribution >= 4 is 12.0 Å². The van der Waals surface area contributed by atoms with Crippen molar-refractivity contribution in [1.29, 1.82) is 0 Å². The molecule has 7 nitrogen and oxygen atoms in total. The second-order valence-electron chi connectivity index (χ2n) is 5.68. The highest BCUT2D eigenvalue weighted by Gasteiger charge is 2.22. The van der Waals surface area contributed by atoms with Gasteiger partial charge in [-0.3, -0.25) is 4.84 Å². The van der Waals surface area contributed by atoms with Crippen LogP contribution in [0.2, 0.25) is 0 Å². The number of aromatic nitrogens is 2. The van der Waals surface area contributed by atoms with Crippen LogP contribution in [0.3, 0.4) is 0 Å². The van der Waals surface area contributed by atoms with Gasteiger partial charge in [-0.15, -0.1) is 0 Å². The SMILES string of the molecule is O=C(NOCc1ccccc1)N[C@H]1CCCN(c2ncccn2)C1. The predicted molar refractivity (Wildman–Crippen MR) is 90.2 cm³/mol. The molecule has 1 aromatic carbocycles. The molecule has 1 fully saturated rings. The van der Waals surface area contributed by atoms with E-state index in [1.165, 1.54) is 0 Å². The van der Waals surface area contributed by atoms with Gasteiger partial charge in [0.25, 0.3) is 0 Å². The largest absolute Gasteiger partial charge is 0.339 e. The maximum atomic E-state index is 11.9. The molecule has 24 heavy (non-hydrogen) atoms. The highest BCUT2D eigenvalue weighted by molar-refractivity contribution is 5.73. The lowest BCUT2D eigenvalue weighted by molar-refractivity contribution is 0.0479. The van der Waals surface area contributed by atoms with Crippen LogP contribution < -0.4 is 15.7 Å². The second-order valence-corrected chi connectivity index (χ2v) is 5.68. The molecule has 0 saturated carbocycles. The Hall–Kier alpha value is -2.67. The van der Waals surface area contributed by atoms with Gasteiger partial charge in [0.2, 0.25) is 5.95 Å². The van der Waals surface area contributed by atoms with E-state index in [0.29, 0.717) is 19.1 Å². The van der Waals surface area contributed by atoms with Crippen molar-refractivity contribution in [2.45, 2.75) is 25.5 Å². The van der Waals surface area contributed by atoms with Crippen molar-refractivity contribution in [3.05, 3.63) is 54.4 Å². The summed E-state index contributed by atoms with van der Waals surface area (Å²) < 4.78 is 0. The highest BCUT2D eigenvalue weighted by Crippen LogP contribution is 2.15. The Morgan fingerprint density at radius 3 is 2.79 bits per heavy atom. The number of nitrogens with one attached hydrogen (secondary N) is 2. The van der Waals surface area contributed by atoms with Gasteiger partial charge in [-0.05, 0) is 24.5 Å². The Kier molecular flexibility index (Phi) is 5.57. The first-order chi connectivity index (χ1) is 11.8. The van der Waals surface area contributed by atoms with Crippen LogP contribution in [0.25, 0.3) is 0 Å². The fourth-order valence-electron chi connectivity index (χ4n) is 2.71. The first-order valence-electron chi connectivity index (χ1n) is 8.05. The maximum absolute atomic E-state index is 11.9. The van der Waals surface area contributed by atoms with Gasteiger partial charge >= 0.3 is 6.03 Å². The minimum absolute atomic E-state index is 0.0443. The van der Waals surface area contributed by atoms with Crippen LogP contribution in [-0.2, 0) is 11.4 Å². The van der Waals surface area contributed by atoms with Crippen molar-refractivity contribution in [2.75, 3.05) is 18.0 Å². The van der Waals surface area contributed by atoms with Crippen LogP contribution in [0.15, 0.2) is 48.8 Å². The molecule has 0 aliphatic carbocycles. The monoisotopic (exact) mass is 327 g/mol. The van der Waals surface area contributed by atoms with E-state index < -0.39 is 0 Å². The van der Waals surface area contributed by atoms with E-state index in [1.807, 2.05) is 30.3 Å². The summed E-state index contributed by atoms with van der Waals surface area (Å²) >= 11 is 0. The van der Waals surface area contributed by atoms with E-state index in [4.69, 9.17) is 4.84 Å². The van der Waals surface area contributed by atoms with Gasteiger partial charge in [-0.1, -0.05) is 30.3 Å². The molecule has 0 bridgehead atoms. The van der Waals surface area contributed by atoms with Gasteiger partial charge < -0.3 is 10.2 Å². The quantitative estimate of drug-likeness (QED) is 0.820. The van der Waals surface area contributed by atoms with Gasteiger partial charge in [-0.2, -0.15) is 0 Å². The summed E-state index contributed by atoms with van der Waals surface area (Å²) in [7, 11) is 0. The van der Waals surface area contributed by atoms with Crippen molar-refractivity contribution < 1.29 is 9.63 Å². The molecule has 1 atom stereocenters. The topological polar surface area (TPSA) is 79.4 Å². The van der Waals surface area contributed by atoms with Crippen molar-refractivity contribution in [3.8, 4) is 0 Å². The number of carbonyl (C=O) groups excluding carboxylic acids is 1. The zero-order valence-electron chi connectivity index (χ0n) is 13.4. The number of piperidine rings is 1. The van der Waals surface area contributed by atoms with E-state index in [0.717, 1.165) is 24.9 Å². The molecule has 2 heterocycles. The summed E-state index contributed by atoms with van der Waals surface area (Å²) in [5.74, 6) is 0.699. The molecular formula is C17H21N5O2. The summed E-state index contributed by atoms with van der Waals surface area (Å²) in [5, 5.41) is 2.93. The van der Waals surface area contributed by atoms with E-state index >= 15 is 0 Å². The van der Waals surface area contributed by atoms with E-state index in [-0.39, 0.29) is 12.1 Å². The Morgan fingerprint density at radius 2 is 2.00 bits per heavy atom. The lowest BCUT2D eigenvalue weighted by Gasteiger charge is -2.32. The Bertz CT molecular complexity index is 638. The van der Waals surface area contributed by atoms with Crippen LogP contribution in [0.4, 0.5) is 10.7 Å². The summed E-state index contributed by atoms with van der Waals surface area (Å²) in [5.41, 5.74) is 3.44. The zero-order chi connectivity index (χ0) is 16.6. The third-order valence-electron chi connectivity index (χ3n) is 3.84. The number of amides is 2. The van der Waals surface area contributed by atoms with E-state index in [1.54, 1.807) is 18.5 Å². The molecule has 0 radical (unpaired) electrons.